The largest absolute Gasteiger partial charge is 0.368 e. The standard InChI is InChI=1S/C22H30N2O8/c1-12-13(2)18(26)23(17(12)25)11-9-8-10-16(21(29)30-32-31-22(5,6)7)24-19(27)14(3)15(4)20(24)28/h16H,8-11H2,1-7H3. The van der Waals surface area contributed by atoms with E-state index < -0.39 is 29.4 Å². The van der Waals surface area contributed by atoms with E-state index in [4.69, 9.17) is 9.78 Å². The third kappa shape index (κ3) is 5.31. The van der Waals surface area contributed by atoms with Gasteiger partial charge in [-0.3, -0.25) is 33.9 Å². The Kier molecular flexibility index (Phi) is 7.74. The number of rotatable bonds is 9. The number of carbonyl (C=O) groups is 5. The zero-order valence-electron chi connectivity index (χ0n) is 19.6. The molecule has 0 aromatic carbocycles. The summed E-state index contributed by atoms with van der Waals surface area (Å²) in [5, 5.41) is 4.55. The number of amides is 4. The molecule has 2 aliphatic rings. The molecule has 1 atom stereocenters. The summed E-state index contributed by atoms with van der Waals surface area (Å²) < 4.78 is 0. The van der Waals surface area contributed by atoms with Gasteiger partial charge in [-0.2, -0.15) is 4.89 Å². The number of unbranched alkanes of at least 4 members (excludes halogenated alkanes) is 1. The molecule has 0 aromatic heterocycles. The van der Waals surface area contributed by atoms with Crippen LogP contribution in [-0.4, -0.2) is 57.6 Å². The van der Waals surface area contributed by atoms with Crippen molar-refractivity contribution in [2.75, 3.05) is 6.54 Å². The first-order chi connectivity index (χ1) is 14.8. The van der Waals surface area contributed by atoms with Crippen LogP contribution in [0.3, 0.4) is 0 Å². The number of imide groups is 2. The molecular weight excluding hydrogens is 420 g/mol. The molecule has 4 amide bonds. The van der Waals surface area contributed by atoms with Crippen LogP contribution in [0.5, 0.6) is 0 Å². The van der Waals surface area contributed by atoms with Crippen LogP contribution in [0.2, 0.25) is 0 Å². The maximum absolute atomic E-state index is 12.6. The first-order valence-corrected chi connectivity index (χ1v) is 10.4. The van der Waals surface area contributed by atoms with E-state index in [1.165, 1.54) is 13.8 Å². The van der Waals surface area contributed by atoms with Gasteiger partial charge in [-0.15, -0.1) is 0 Å². The van der Waals surface area contributed by atoms with Crippen molar-refractivity contribution in [2.24, 2.45) is 0 Å². The molecule has 2 aliphatic heterocycles. The second kappa shape index (κ2) is 9.74. The molecule has 0 aliphatic carbocycles. The van der Waals surface area contributed by atoms with Gasteiger partial charge in [-0.1, -0.05) is 0 Å². The average Bonchev–Trinajstić information content (AvgIpc) is 3.01. The lowest BCUT2D eigenvalue weighted by molar-refractivity contribution is -0.515. The van der Waals surface area contributed by atoms with E-state index in [-0.39, 0.29) is 35.9 Å². The molecule has 0 saturated heterocycles. The first-order valence-electron chi connectivity index (χ1n) is 10.4. The number of hydrogen-bond donors (Lipinski definition) is 0. The predicted octanol–water partition coefficient (Wildman–Crippen LogP) is 2.14. The van der Waals surface area contributed by atoms with Crippen molar-refractivity contribution in [3.05, 3.63) is 22.3 Å². The number of hydrogen-bond acceptors (Lipinski definition) is 8. The Hall–Kier alpha value is -2.85. The summed E-state index contributed by atoms with van der Waals surface area (Å²) in [6, 6.07) is -1.24. The Bertz CT molecular complexity index is 861. The smallest absolute Gasteiger partial charge is 0.275 e. The number of carbonyl (C=O) groups excluding carboxylic acids is 5. The molecule has 0 aromatic rings. The normalized spacial score (nSPS) is 18.5. The second-order valence-corrected chi connectivity index (χ2v) is 8.92. The van der Waals surface area contributed by atoms with Crippen LogP contribution >= 0.6 is 0 Å². The molecule has 0 saturated carbocycles. The SMILES string of the molecule is CC1=C(C)C(=O)N(CCCCC(C(=O)OOOC(C)(C)C)N2C(=O)C(C)=C(C)C2=O)C1=O. The summed E-state index contributed by atoms with van der Waals surface area (Å²) in [5.74, 6) is -2.79. The van der Waals surface area contributed by atoms with Crippen LogP contribution in [0.25, 0.3) is 0 Å². The summed E-state index contributed by atoms with van der Waals surface area (Å²) in [5.41, 5.74) is 0.591. The summed E-state index contributed by atoms with van der Waals surface area (Å²) in [4.78, 5) is 73.7. The monoisotopic (exact) mass is 450 g/mol. The van der Waals surface area contributed by atoms with E-state index in [9.17, 15) is 24.0 Å². The summed E-state index contributed by atoms with van der Waals surface area (Å²) >= 11 is 0. The molecule has 2 heterocycles. The fourth-order valence-electron chi connectivity index (χ4n) is 3.25. The molecule has 0 fully saturated rings. The van der Waals surface area contributed by atoms with Gasteiger partial charge in [-0.25, -0.2) is 4.79 Å². The van der Waals surface area contributed by atoms with Crippen LogP contribution in [0.1, 0.15) is 67.7 Å². The Balaban J connectivity index is 2.03. The van der Waals surface area contributed by atoms with Crippen molar-refractivity contribution >= 4 is 29.6 Å². The highest BCUT2D eigenvalue weighted by atomic mass is 17.5. The van der Waals surface area contributed by atoms with Crippen molar-refractivity contribution < 1.29 is 38.8 Å². The minimum atomic E-state index is -1.24. The van der Waals surface area contributed by atoms with Crippen molar-refractivity contribution in [3.8, 4) is 0 Å². The Morgan fingerprint density at radius 3 is 1.75 bits per heavy atom. The van der Waals surface area contributed by atoms with Crippen molar-refractivity contribution in [1.29, 1.82) is 0 Å². The molecule has 1 unspecified atom stereocenters. The fraction of sp³-hybridized carbons (Fsp3) is 0.591. The lowest BCUT2D eigenvalue weighted by Crippen LogP contribution is -2.46. The Morgan fingerprint density at radius 2 is 1.28 bits per heavy atom. The minimum Gasteiger partial charge on any atom is -0.275 e. The zero-order chi connectivity index (χ0) is 24.4. The lowest BCUT2D eigenvalue weighted by Gasteiger charge is -2.25. The van der Waals surface area contributed by atoms with Gasteiger partial charge in [0.25, 0.3) is 23.6 Å². The number of nitrogens with zero attached hydrogens (tertiary/aromatic N) is 2. The van der Waals surface area contributed by atoms with Crippen molar-refractivity contribution in [2.45, 2.75) is 79.4 Å². The molecule has 32 heavy (non-hydrogen) atoms. The van der Waals surface area contributed by atoms with Crippen LogP contribution < -0.4 is 0 Å². The van der Waals surface area contributed by atoms with E-state index in [1.807, 2.05) is 0 Å². The minimum absolute atomic E-state index is 0.0668. The molecule has 0 N–H and O–H groups in total. The van der Waals surface area contributed by atoms with E-state index in [2.05, 4.69) is 5.04 Å². The van der Waals surface area contributed by atoms with Gasteiger partial charge in [0, 0.05) is 28.8 Å². The highest BCUT2D eigenvalue weighted by molar-refractivity contribution is 6.20. The Labute approximate surface area is 187 Å². The van der Waals surface area contributed by atoms with Gasteiger partial charge < -0.3 is 0 Å². The van der Waals surface area contributed by atoms with Gasteiger partial charge in [0.05, 0.1) is 5.60 Å². The molecular formula is C22H30N2O8. The van der Waals surface area contributed by atoms with Crippen molar-refractivity contribution in [1.82, 2.24) is 9.80 Å². The molecule has 0 spiro atoms. The van der Waals surface area contributed by atoms with Gasteiger partial charge in [-0.05, 0) is 72.8 Å². The summed E-state index contributed by atoms with van der Waals surface area (Å²) in [6.07, 6.45) is 0.782. The fourth-order valence-corrected chi connectivity index (χ4v) is 3.25. The van der Waals surface area contributed by atoms with E-state index in [1.54, 1.807) is 34.6 Å². The van der Waals surface area contributed by atoms with E-state index in [0.717, 1.165) is 9.80 Å². The van der Waals surface area contributed by atoms with Crippen LogP contribution in [0.15, 0.2) is 22.3 Å². The van der Waals surface area contributed by atoms with E-state index in [0.29, 0.717) is 24.0 Å². The Morgan fingerprint density at radius 1 is 0.812 bits per heavy atom. The van der Waals surface area contributed by atoms with Crippen LogP contribution in [0, 0.1) is 0 Å². The predicted molar refractivity (Wildman–Crippen MR) is 111 cm³/mol. The molecule has 0 radical (unpaired) electrons. The highest BCUT2D eigenvalue weighted by Gasteiger charge is 2.42. The quantitative estimate of drug-likeness (QED) is 0.227. The van der Waals surface area contributed by atoms with Gasteiger partial charge in [0.1, 0.15) is 6.04 Å². The summed E-state index contributed by atoms with van der Waals surface area (Å²) in [7, 11) is 0. The topological polar surface area (TPSA) is 120 Å². The van der Waals surface area contributed by atoms with Crippen molar-refractivity contribution in [3.63, 3.8) is 0 Å². The van der Waals surface area contributed by atoms with Gasteiger partial charge >= 0.3 is 5.97 Å². The summed E-state index contributed by atoms with van der Waals surface area (Å²) in [6.45, 7) is 11.4. The molecule has 10 nitrogen and oxygen atoms in total. The van der Waals surface area contributed by atoms with Crippen LogP contribution in [-0.2, 0) is 38.8 Å². The third-order valence-electron chi connectivity index (χ3n) is 5.43. The van der Waals surface area contributed by atoms with E-state index >= 15 is 0 Å². The first kappa shape index (κ1) is 25.4. The molecule has 10 heteroatoms. The molecule has 0 bridgehead atoms. The zero-order valence-corrected chi connectivity index (χ0v) is 19.6. The maximum Gasteiger partial charge on any atom is 0.368 e. The van der Waals surface area contributed by atoms with Gasteiger partial charge in [0.15, 0.2) is 0 Å². The second-order valence-electron chi connectivity index (χ2n) is 8.92. The average molecular weight is 450 g/mol. The molecule has 2 rings (SSSR count). The maximum atomic E-state index is 12.6. The van der Waals surface area contributed by atoms with Crippen LogP contribution in [0.4, 0.5) is 0 Å². The van der Waals surface area contributed by atoms with Gasteiger partial charge in [0.2, 0.25) is 0 Å². The lowest BCUT2D eigenvalue weighted by atomic mass is 10.1. The third-order valence-corrected chi connectivity index (χ3v) is 5.43. The highest BCUT2D eigenvalue weighted by Crippen LogP contribution is 2.26. The molecule has 176 valence electrons.